The Labute approximate surface area is 203 Å². The maximum absolute atomic E-state index is 12.1. The van der Waals surface area contributed by atoms with Gasteiger partial charge in [0.15, 0.2) is 0 Å². The van der Waals surface area contributed by atoms with E-state index < -0.39 is 11.9 Å². The fraction of sp³-hybridized carbons (Fsp3) is 0.364. The van der Waals surface area contributed by atoms with Crippen molar-refractivity contribution in [3.63, 3.8) is 0 Å². The standard InChI is InChI=1S/C22H26Br2N2O6/c1-2-32-22(31)14-26(12-16-10-18(24)4-6-20(16)28)8-7-25(13-21(29)30)11-15-9-17(23)3-5-19(15)27/h3-6,9-10,27-28H,2,7-8,11-14H2,1H3,(H,29,30). The van der Waals surface area contributed by atoms with Crippen LogP contribution in [0.15, 0.2) is 45.3 Å². The summed E-state index contributed by atoms with van der Waals surface area (Å²) < 4.78 is 6.63. The fourth-order valence-electron chi connectivity index (χ4n) is 3.13. The third kappa shape index (κ3) is 8.78. The lowest BCUT2D eigenvalue weighted by molar-refractivity contribution is -0.145. The van der Waals surface area contributed by atoms with Crippen LogP contribution in [-0.2, 0) is 27.4 Å². The number of phenolic OH excluding ortho intramolecular Hbond substituents is 2. The topological polar surface area (TPSA) is 111 Å². The Morgan fingerprint density at radius 2 is 1.34 bits per heavy atom. The minimum atomic E-state index is -0.999. The van der Waals surface area contributed by atoms with Gasteiger partial charge in [0.25, 0.3) is 0 Å². The summed E-state index contributed by atoms with van der Waals surface area (Å²) in [6.45, 7) is 2.87. The normalized spacial score (nSPS) is 11.2. The van der Waals surface area contributed by atoms with Crippen LogP contribution in [0.5, 0.6) is 11.5 Å². The van der Waals surface area contributed by atoms with Gasteiger partial charge in [0.05, 0.1) is 19.7 Å². The van der Waals surface area contributed by atoms with Gasteiger partial charge >= 0.3 is 11.9 Å². The van der Waals surface area contributed by atoms with Crippen LogP contribution in [0.3, 0.4) is 0 Å². The summed E-state index contributed by atoms with van der Waals surface area (Å²) in [5.74, 6) is -1.23. The van der Waals surface area contributed by atoms with Crippen molar-refractivity contribution >= 4 is 43.8 Å². The zero-order chi connectivity index (χ0) is 23.7. The molecule has 0 amide bonds. The van der Waals surface area contributed by atoms with Crippen molar-refractivity contribution in [2.75, 3.05) is 32.8 Å². The van der Waals surface area contributed by atoms with Gasteiger partial charge in [-0.1, -0.05) is 31.9 Å². The van der Waals surface area contributed by atoms with Crippen molar-refractivity contribution in [1.29, 1.82) is 0 Å². The van der Waals surface area contributed by atoms with Crippen molar-refractivity contribution in [2.24, 2.45) is 0 Å². The molecule has 3 N–H and O–H groups in total. The molecule has 0 atom stereocenters. The second kappa shape index (κ2) is 12.8. The number of rotatable bonds is 12. The van der Waals surface area contributed by atoms with E-state index >= 15 is 0 Å². The van der Waals surface area contributed by atoms with Gasteiger partial charge in [-0.3, -0.25) is 19.4 Å². The lowest BCUT2D eigenvalue weighted by Gasteiger charge is -2.27. The highest BCUT2D eigenvalue weighted by atomic mass is 79.9. The van der Waals surface area contributed by atoms with E-state index in [1.807, 2.05) is 0 Å². The Bertz CT molecular complexity index is 941. The van der Waals surface area contributed by atoms with Gasteiger partial charge in [-0.25, -0.2) is 0 Å². The molecule has 174 valence electrons. The quantitative estimate of drug-likeness (QED) is 0.331. The summed E-state index contributed by atoms with van der Waals surface area (Å²) in [6.07, 6.45) is 0. The summed E-state index contributed by atoms with van der Waals surface area (Å²) in [4.78, 5) is 27.0. The second-order valence-electron chi connectivity index (χ2n) is 7.17. The molecule has 0 radical (unpaired) electrons. The number of esters is 1. The molecule has 0 spiro atoms. The van der Waals surface area contributed by atoms with Crippen molar-refractivity contribution in [2.45, 2.75) is 20.0 Å². The molecule has 0 fully saturated rings. The molecule has 0 aliphatic heterocycles. The molecule has 0 unspecified atom stereocenters. The largest absolute Gasteiger partial charge is 0.508 e. The number of hydrogen-bond donors (Lipinski definition) is 3. The van der Waals surface area contributed by atoms with Gasteiger partial charge < -0.3 is 20.1 Å². The highest BCUT2D eigenvalue weighted by Gasteiger charge is 2.18. The highest BCUT2D eigenvalue weighted by molar-refractivity contribution is 9.10. The number of carbonyl (C=O) groups excluding carboxylic acids is 1. The number of hydrogen-bond acceptors (Lipinski definition) is 7. The number of benzene rings is 2. The number of aromatic hydroxyl groups is 2. The van der Waals surface area contributed by atoms with Gasteiger partial charge in [-0.2, -0.15) is 0 Å². The summed E-state index contributed by atoms with van der Waals surface area (Å²) in [6, 6.07) is 10.0. The first kappa shape index (κ1) is 26.1. The number of aliphatic carboxylic acids is 1. The van der Waals surface area contributed by atoms with Crippen LogP contribution in [0.1, 0.15) is 18.1 Å². The van der Waals surface area contributed by atoms with E-state index in [1.54, 1.807) is 53.1 Å². The molecule has 2 aromatic rings. The average Bonchev–Trinajstić information content (AvgIpc) is 2.71. The maximum Gasteiger partial charge on any atom is 0.320 e. The lowest BCUT2D eigenvalue weighted by atomic mass is 10.1. The molecular formula is C22H26Br2N2O6. The summed E-state index contributed by atoms with van der Waals surface area (Å²) in [7, 11) is 0. The van der Waals surface area contributed by atoms with Crippen LogP contribution in [0.2, 0.25) is 0 Å². The third-order valence-corrected chi connectivity index (χ3v) is 5.61. The van der Waals surface area contributed by atoms with Gasteiger partial charge in [-0.05, 0) is 43.3 Å². The van der Waals surface area contributed by atoms with E-state index in [9.17, 15) is 24.9 Å². The summed E-state index contributed by atoms with van der Waals surface area (Å²) >= 11 is 6.74. The van der Waals surface area contributed by atoms with Crippen LogP contribution >= 0.6 is 31.9 Å². The molecule has 10 heteroatoms. The zero-order valence-electron chi connectivity index (χ0n) is 17.6. The number of carbonyl (C=O) groups is 2. The first-order chi connectivity index (χ1) is 15.2. The van der Waals surface area contributed by atoms with Crippen LogP contribution in [0, 0.1) is 0 Å². The van der Waals surface area contributed by atoms with Gasteiger partial charge in [0, 0.05) is 46.3 Å². The molecule has 32 heavy (non-hydrogen) atoms. The van der Waals surface area contributed by atoms with Crippen LogP contribution in [-0.4, -0.2) is 69.8 Å². The van der Waals surface area contributed by atoms with Gasteiger partial charge in [0.2, 0.25) is 0 Å². The Morgan fingerprint density at radius 1 is 0.875 bits per heavy atom. The monoisotopic (exact) mass is 572 g/mol. The first-order valence-corrected chi connectivity index (χ1v) is 11.5. The molecule has 2 aromatic carbocycles. The number of halogens is 2. The molecule has 0 aliphatic rings. The molecule has 8 nitrogen and oxygen atoms in total. The molecule has 0 bridgehead atoms. The van der Waals surface area contributed by atoms with E-state index in [0.717, 1.165) is 8.95 Å². The van der Waals surface area contributed by atoms with E-state index in [2.05, 4.69) is 31.9 Å². The maximum atomic E-state index is 12.1. The van der Waals surface area contributed by atoms with E-state index in [-0.39, 0.29) is 44.3 Å². The summed E-state index contributed by atoms with van der Waals surface area (Å²) in [5, 5.41) is 29.6. The van der Waals surface area contributed by atoms with Crippen LogP contribution < -0.4 is 0 Å². The van der Waals surface area contributed by atoms with Crippen molar-refractivity contribution in [1.82, 2.24) is 9.80 Å². The fourth-order valence-corrected chi connectivity index (χ4v) is 3.95. The predicted molar refractivity (Wildman–Crippen MR) is 126 cm³/mol. The number of carboxylic acids is 1. The molecule has 0 saturated heterocycles. The Balaban J connectivity index is 2.16. The Kier molecular flexibility index (Phi) is 10.4. The minimum absolute atomic E-state index is 0.0111. The Hall–Kier alpha value is -2.14. The molecule has 0 saturated carbocycles. The Morgan fingerprint density at radius 3 is 1.78 bits per heavy atom. The molecule has 0 heterocycles. The third-order valence-electron chi connectivity index (χ3n) is 4.62. The first-order valence-electron chi connectivity index (χ1n) is 9.94. The number of nitrogens with zero attached hydrogens (tertiary/aromatic N) is 2. The van der Waals surface area contributed by atoms with Gasteiger partial charge in [-0.15, -0.1) is 0 Å². The zero-order valence-corrected chi connectivity index (χ0v) is 20.8. The van der Waals surface area contributed by atoms with Crippen LogP contribution in [0.25, 0.3) is 0 Å². The van der Waals surface area contributed by atoms with Crippen LogP contribution in [0.4, 0.5) is 0 Å². The van der Waals surface area contributed by atoms with Crippen molar-refractivity contribution < 1.29 is 29.6 Å². The van der Waals surface area contributed by atoms with Gasteiger partial charge in [0.1, 0.15) is 11.5 Å². The smallest absolute Gasteiger partial charge is 0.320 e. The SMILES string of the molecule is CCOC(=O)CN(CCN(CC(=O)O)Cc1cc(Br)ccc1O)Cc1cc(Br)ccc1O. The van der Waals surface area contributed by atoms with Crippen molar-refractivity contribution in [3.05, 3.63) is 56.5 Å². The van der Waals surface area contributed by atoms with E-state index in [4.69, 9.17) is 4.74 Å². The number of phenols is 2. The second-order valence-corrected chi connectivity index (χ2v) is 9.00. The van der Waals surface area contributed by atoms with E-state index in [0.29, 0.717) is 24.2 Å². The summed E-state index contributed by atoms with van der Waals surface area (Å²) in [5.41, 5.74) is 1.21. The minimum Gasteiger partial charge on any atom is -0.508 e. The van der Waals surface area contributed by atoms with E-state index in [1.165, 1.54) is 0 Å². The number of carboxylic acid groups (broad SMARTS) is 1. The molecule has 0 aromatic heterocycles. The number of ether oxygens (including phenoxy) is 1. The molecular weight excluding hydrogens is 548 g/mol. The van der Waals surface area contributed by atoms with Crippen molar-refractivity contribution in [3.8, 4) is 11.5 Å². The average molecular weight is 574 g/mol. The predicted octanol–water partition coefficient (Wildman–Crippen LogP) is 3.57. The highest BCUT2D eigenvalue weighted by Crippen LogP contribution is 2.25. The lowest BCUT2D eigenvalue weighted by Crippen LogP contribution is -2.39. The molecule has 2 rings (SSSR count). The molecule has 0 aliphatic carbocycles.